The van der Waals surface area contributed by atoms with E-state index < -0.39 is 10.2 Å². The van der Waals surface area contributed by atoms with Crippen molar-refractivity contribution >= 4 is 16.1 Å². The van der Waals surface area contributed by atoms with E-state index in [4.69, 9.17) is 0 Å². The Kier molecular flexibility index (Phi) is 6.43. The van der Waals surface area contributed by atoms with Gasteiger partial charge in [0.2, 0.25) is 5.91 Å². The molecule has 0 bridgehead atoms. The SMILES string of the molecule is CCCNS(=O)(=O)NCCNC(C)=O. The number of amides is 1. The maximum absolute atomic E-state index is 11.1. The van der Waals surface area contributed by atoms with Crippen LogP contribution in [-0.2, 0) is 15.0 Å². The Morgan fingerprint density at radius 1 is 1.14 bits per heavy atom. The average molecular weight is 223 g/mol. The minimum atomic E-state index is -3.39. The molecule has 0 unspecified atom stereocenters. The number of hydrogen-bond acceptors (Lipinski definition) is 3. The van der Waals surface area contributed by atoms with Gasteiger partial charge in [0.15, 0.2) is 0 Å². The Balaban J connectivity index is 3.61. The first-order chi connectivity index (χ1) is 6.48. The van der Waals surface area contributed by atoms with E-state index in [-0.39, 0.29) is 12.5 Å². The van der Waals surface area contributed by atoms with Gasteiger partial charge in [-0.05, 0) is 6.42 Å². The molecule has 0 aliphatic carbocycles. The summed E-state index contributed by atoms with van der Waals surface area (Å²) in [6, 6.07) is 0. The van der Waals surface area contributed by atoms with Crippen LogP contribution in [0, 0.1) is 0 Å². The number of nitrogens with one attached hydrogen (secondary N) is 3. The van der Waals surface area contributed by atoms with Crippen molar-refractivity contribution in [1.82, 2.24) is 14.8 Å². The number of carbonyl (C=O) groups is 1. The molecule has 0 spiro atoms. The van der Waals surface area contributed by atoms with Gasteiger partial charge in [-0.1, -0.05) is 6.92 Å². The van der Waals surface area contributed by atoms with Crippen LogP contribution in [0.2, 0.25) is 0 Å². The molecule has 0 aromatic heterocycles. The smallest absolute Gasteiger partial charge is 0.276 e. The molecule has 0 aromatic rings. The highest BCUT2D eigenvalue weighted by molar-refractivity contribution is 7.87. The highest BCUT2D eigenvalue weighted by Gasteiger charge is 2.06. The van der Waals surface area contributed by atoms with Crippen molar-refractivity contribution in [1.29, 1.82) is 0 Å². The predicted molar refractivity (Wildman–Crippen MR) is 53.9 cm³/mol. The van der Waals surface area contributed by atoms with E-state index >= 15 is 0 Å². The molecule has 7 heteroatoms. The molecule has 1 amide bonds. The fourth-order valence-corrected chi connectivity index (χ4v) is 1.66. The summed E-state index contributed by atoms with van der Waals surface area (Å²) in [5.74, 6) is -0.175. The van der Waals surface area contributed by atoms with Crippen molar-refractivity contribution in [3.63, 3.8) is 0 Å². The third-order valence-corrected chi connectivity index (χ3v) is 2.50. The van der Waals surface area contributed by atoms with E-state index in [2.05, 4.69) is 14.8 Å². The molecule has 0 radical (unpaired) electrons. The minimum Gasteiger partial charge on any atom is -0.355 e. The van der Waals surface area contributed by atoms with E-state index in [0.717, 1.165) is 6.42 Å². The van der Waals surface area contributed by atoms with Crippen molar-refractivity contribution in [2.45, 2.75) is 20.3 Å². The van der Waals surface area contributed by atoms with E-state index in [9.17, 15) is 13.2 Å². The summed E-state index contributed by atoms with van der Waals surface area (Å²) in [6.07, 6.45) is 0.743. The summed E-state index contributed by atoms with van der Waals surface area (Å²) < 4.78 is 26.8. The fourth-order valence-electron chi connectivity index (χ4n) is 0.711. The lowest BCUT2D eigenvalue weighted by molar-refractivity contribution is -0.118. The van der Waals surface area contributed by atoms with Crippen molar-refractivity contribution in [3.8, 4) is 0 Å². The zero-order valence-corrected chi connectivity index (χ0v) is 9.28. The maximum Gasteiger partial charge on any atom is 0.276 e. The monoisotopic (exact) mass is 223 g/mol. The topological polar surface area (TPSA) is 87.3 Å². The van der Waals surface area contributed by atoms with Gasteiger partial charge in [-0.2, -0.15) is 8.42 Å². The summed E-state index contributed by atoms with van der Waals surface area (Å²) in [4.78, 5) is 10.4. The molecule has 3 N–H and O–H groups in total. The maximum atomic E-state index is 11.1. The number of hydrogen-bond donors (Lipinski definition) is 3. The van der Waals surface area contributed by atoms with Crippen LogP contribution in [-0.4, -0.2) is 34.0 Å². The molecule has 0 aromatic carbocycles. The van der Waals surface area contributed by atoms with E-state index in [1.807, 2.05) is 6.92 Å². The van der Waals surface area contributed by atoms with E-state index in [1.54, 1.807) is 0 Å². The van der Waals surface area contributed by atoms with Crippen molar-refractivity contribution in [2.75, 3.05) is 19.6 Å². The lowest BCUT2D eigenvalue weighted by Gasteiger charge is -2.07. The lowest BCUT2D eigenvalue weighted by atomic mass is 10.5. The van der Waals surface area contributed by atoms with Crippen LogP contribution in [0.3, 0.4) is 0 Å². The van der Waals surface area contributed by atoms with E-state index in [1.165, 1.54) is 6.92 Å². The largest absolute Gasteiger partial charge is 0.355 e. The molecule has 0 saturated carbocycles. The third-order valence-electron chi connectivity index (χ3n) is 1.33. The fraction of sp³-hybridized carbons (Fsp3) is 0.857. The molecule has 84 valence electrons. The second kappa shape index (κ2) is 6.74. The average Bonchev–Trinajstić information content (AvgIpc) is 2.09. The minimum absolute atomic E-state index is 0.175. The van der Waals surface area contributed by atoms with Crippen molar-refractivity contribution < 1.29 is 13.2 Å². The second-order valence-corrected chi connectivity index (χ2v) is 4.36. The Morgan fingerprint density at radius 3 is 2.21 bits per heavy atom. The molecule has 0 atom stereocenters. The summed E-state index contributed by atoms with van der Waals surface area (Å²) in [6.45, 7) is 4.15. The van der Waals surface area contributed by atoms with Gasteiger partial charge >= 0.3 is 0 Å². The van der Waals surface area contributed by atoms with Crippen molar-refractivity contribution in [2.24, 2.45) is 0 Å². The molecule has 6 nitrogen and oxygen atoms in total. The highest BCUT2D eigenvalue weighted by atomic mass is 32.2. The normalized spacial score (nSPS) is 11.3. The Bertz CT molecular complexity index is 263. The van der Waals surface area contributed by atoms with Crippen LogP contribution >= 0.6 is 0 Å². The molecule has 0 rings (SSSR count). The first-order valence-electron chi connectivity index (χ1n) is 4.46. The van der Waals surface area contributed by atoms with Gasteiger partial charge < -0.3 is 5.32 Å². The first-order valence-corrected chi connectivity index (χ1v) is 5.95. The van der Waals surface area contributed by atoms with Gasteiger partial charge in [0.1, 0.15) is 0 Å². The Labute approximate surface area is 84.6 Å². The Hall–Kier alpha value is -0.660. The van der Waals surface area contributed by atoms with Crippen LogP contribution < -0.4 is 14.8 Å². The molecule has 0 heterocycles. The molecule has 0 aliphatic rings. The summed E-state index contributed by atoms with van der Waals surface area (Å²) in [5.41, 5.74) is 0. The van der Waals surface area contributed by atoms with Gasteiger partial charge in [-0.3, -0.25) is 4.79 Å². The predicted octanol–water partition coefficient (Wildman–Crippen LogP) is -1.04. The highest BCUT2D eigenvalue weighted by Crippen LogP contribution is 1.77. The molecule has 0 fully saturated rings. The summed E-state index contributed by atoms with van der Waals surface area (Å²) >= 11 is 0. The molecular formula is C7H17N3O3S. The van der Waals surface area contributed by atoms with Gasteiger partial charge in [0.25, 0.3) is 10.2 Å². The van der Waals surface area contributed by atoms with Crippen LogP contribution in [0.5, 0.6) is 0 Å². The van der Waals surface area contributed by atoms with Crippen LogP contribution in [0.15, 0.2) is 0 Å². The van der Waals surface area contributed by atoms with Crippen LogP contribution in [0.1, 0.15) is 20.3 Å². The zero-order chi connectivity index (χ0) is 11.0. The number of carbonyl (C=O) groups excluding carboxylic acids is 1. The third kappa shape index (κ3) is 7.96. The molecule has 14 heavy (non-hydrogen) atoms. The van der Waals surface area contributed by atoms with Crippen LogP contribution in [0.25, 0.3) is 0 Å². The standard InChI is InChI=1S/C7H17N3O3S/c1-3-4-9-14(12,13)10-6-5-8-7(2)11/h9-10H,3-6H2,1-2H3,(H,8,11). The van der Waals surface area contributed by atoms with Gasteiger partial charge in [0.05, 0.1) is 0 Å². The van der Waals surface area contributed by atoms with Crippen LogP contribution in [0.4, 0.5) is 0 Å². The first kappa shape index (κ1) is 13.3. The quantitative estimate of drug-likeness (QED) is 0.482. The zero-order valence-electron chi connectivity index (χ0n) is 8.46. The summed E-state index contributed by atoms with van der Waals surface area (Å²) in [5, 5.41) is 2.48. The molecular weight excluding hydrogens is 206 g/mol. The summed E-state index contributed by atoms with van der Waals surface area (Å²) in [7, 11) is -3.39. The second-order valence-electron chi connectivity index (χ2n) is 2.78. The molecule has 0 aliphatic heterocycles. The van der Waals surface area contributed by atoms with Gasteiger partial charge in [-0.15, -0.1) is 0 Å². The lowest BCUT2D eigenvalue weighted by Crippen LogP contribution is -2.40. The number of rotatable bonds is 7. The Morgan fingerprint density at radius 2 is 1.71 bits per heavy atom. The van der Waals surface area contributed by atoms with Crippen molar-refractivity contribution in [3.05, 3.63) is 0 Å². The van der Waals surface area contributed by atoms with Gasteiger partial charge in [0, 0.05) is 26.6 Å². The van der Waals surface area contributed by atoms with E-state index in [0.29, 0.717) is 13.1 Å². The van der Waals surface area contributed by atoms with Gasteiger partial charge in [-0.25, -0.2) is 9.44 Å². The molecule has 0 saturated heterocycles.